The molecule has 4 aromatic rings. The summed E-state index contributed by atoms with van der Waals surface area (Å²) in [5.41, 5.74) is 10.0. The highest BCUT2D eigenvalue weighted by Crippen LogP contribution is 2.48. The van der Waals surface area contributed by atoms with Gasteiger partial charge in [-0.1, -0.05) is 48.9 Å². The molecule has 0 bridgehead atoms. The van der Waals surface area contributed by atoms with Crippen molar-refractivity contribution in [2.24, 2.45) is 5.92 Å². The van der Waals surface area contributed by atoms with Gasteiger partial charge in [0.2, 0.25) is 0 Å². The van der Waals surface area contributed by atoms with Crippen molar-refractivity contribution in [3.63, 3.8) is 0 Å². The number of hydrogen-bond donors (Lipinski definition) is 4. The quantitative estimate of drug-likeness (QED) is 0.172. The van der Waals surface area contributed by atoms with E-state index in [2.05, 4.69) is 80.0 Å². The van der Waals surface area contributed by atoms with Gasteiger partial charge in [0.15, 0.2) is 0 Å². The topological polar surface area (TPSA) is 81.4 Å². The maximum Gasteiger partial charge on any atom is 0.262 e. The number of alkyl halides is 4. The van der Waals surface area contributed by atoms with Gasteiger partial charge in [-0.05, 0) is 71.6 Å². The maximum atomic E-state index is 13.8. The molecule has 0 radical (unpaired) electrons. The average molecular weight is 617 g/mol. The highest BCUT2D eigenvalue weighted by Gasteiger charge is 2.42. The molecule has 4 atom stereocenters. The first-order valence-electron chi connectivity index (χ1n) is 15.9. The van der Waals surface area contributed by atoms with Crippen LogP contribution in [0.2, 0.25) is 0 Å². The Labute approximate surface area is 258 Å². The van der Waals surface area contributed by atoms with Gasteiger partial charge in [-0.15, -0.1) is 0 Å². The molecule has 10 heteroatoms. The van der Waals surface area contributed by atoms with E-state index in [0.29, 0.717) is 23.5 Å². The Balaban J connectivity index is 1.04. The van der Waals surface area contributed by atoms with Crippen LogP contribution in [0.3, 0.4) is 0 Å². The lowest BCUT2D eigenvalue weighted by Gasteiger charge is -2.35. The Bertz CT molecular complexity index is 1820. The van der Waals surface area contributed by atoms with Gasteiger partial charge in [-0.25, -0.2) is 27.5 Å². The summed E-state index contributed by atoms with van der Waals surface area (Å²) in [7, 11) is 0. The Hall–Kier alpha value is -3.76. The molecular formula is C35H36F4N6. The van der Waals surface area contributed by atoms with Crippen LogP contribution in [0.25, 0.3) is 27.9 Å². The van der Waals surface area contributed by atoms with Gasteiger partial charge in [0.1, 0.15) is 11.6 Å². The average Bonchev–Trinajstić information content (AvgIpc) is 3.81. The molecular weight excluding hydrogens is 580 g/mol. The number of benzene rings is 2. The highest BCUT2D eigenvalue weighted by molar-refractivity contribution is 5.87. The monoisotopic (exact) mass is 616 g/mol. The fraction of sp³-hybridized carbons (Fsp3) is 0.429. The van der Waals surface area contributed by atoms with Crippen LogP contribution in [0, 0.1) is 5.92 Å². The predicted octanol–water partition coefficient (Wildman–Crippen LogP) is 7.98. The number of rotatable bonds is 5. The van der Waals surface area contributed by atoms with E-state index in [9.17, 15) is 17.6 Å². The molecule has 0 spiro atoms. The second-order valence-corrected chi connectivity index (χ2v) is 13.4. The second-order valence-electron chi connectivity index (χ2n) is 13.4. The van der Waals surface area contributed by atoms with Crippen LogP contribution in [-0.4, -0.2) is 44.9 Å². The summed E-state index contributed by atoms with van der Waals surface area (Å²) < 4.78 is 55.0. The molecule has 4 heterocycles. The van der Waals surface area contributed by atoms with Crippen molar-refractivity contribution in [3.8, 4) is 11.3 Å². The molecule has 2 aliphatic heterocycles. The van der Waals surface area contributed by atoms with Crippen LogP contribution in [0.15, 0.2) is 65.9 Å². The fourth-order valence-corrected chi connectivity index (χ4v) is 7.67. The van der Waals surface area contributed by atoms with Crippen molar-refractivity contribution in [1.82, 2.24) is 30.6 Å². The van der Waals surface area contributed by atoms with E-state index < -0.39 is 23.9 Å². The molecule has 2 aromatic heterocycles. The van der Waals surface area contributed by atoms with Crippen molar-refractivity contribution >= 4 is 16.6 Å². The lowest BCUT2D eigenvalue weighted by atomic mass is 9.70. The minimum absolute atomic E-state index is 0.246. The first-order chi connectivity index (χ1) is 21.6. The number of H-pyrrole nitrogens is 2. The summed E-state index contributed by atoms with van der Waals surface area (Å²) in [6.07, 6.45) is 7.72. The van der Waals surface area contributed by atoms with Gasteiger partial charge in [-0.2, -0.15) is 0 Å². The second kappa shape index (κ2) is 10.7. The highest BCUT2D eigenvalue weighted by atomic mass is 19.3. The summed E-state index contributed by atoms with van der Waals surface area (Å²) in [5, 5.41) is 5.76. The van der Waals surface area contributed by atoms with Gasteiger partial charge >= 0.3 is 0 Å². The molecule has 45 heavy (non-hydrogen) atoms. The van der Waals surface area contributed by atoms with E-state index >= 15 is 0 Å². The summed E-state index contributed by atoms with van der Waals surface area (Å²) in [6.45, 7) is 1.67. The van der Waals surface area contributed by atoms with Gasteiger partial charge in [-0.3, -0.25) is 0 Å². The standard InChI is InChI=1S/C35H36F4N6/c1-19-2-8-25-23(20-3-5-21(6-4-20)31-16-40-32(45-31)29-14-34(36,37)17-41-29)9-10-24(26(25)12-19)22-7-11-27-28(13-22)44-33(43-27)30-15-35(38,39)18-42-30/h3-7,10-11,13,16,19,23,29-30,41-42H,2,8-9,12,14-15,17-18H2,1H3,(H,40,45)(H,43,44). The Kier molecular flexibility index (Phi) is 6.80. The number of aromatic nitrogens is 4. The van der Waals surface area contributed by atoms with E-state index in [0.717, 1.165) is 53.5 Å². The minimum atomic E-state index is -2.71. The number of hydrogen-bond acceptors (Lipinski definition) is 4. The molecule has 2 fully saturated rings. The van der Waals surface area contributed by atoms with Crippen LogP contribution >= 0.6 is 0 Å². The van der Waals surface area contributed by atoms with E-state index in [1.165, 1.54) is 22.3 Å². The third kappa shape index (κ3) is 5.42. The molecule has 234 valence electrons. The SMILES string of the molecule is CC1CCC2=C(C1)C(c1ccc3nc(C4CC(F)(F)CN4)[nH]c3c1)=CCC2c1ccc(-c2cnc(C3CC(F)(F)CN3)[nH]2)cc1. The van der Waals surface area contributed by atoms with E-state index in [-0.39, 0.29) is 25.9 Å². The number of nitrogens with one attached hydrogen (secondary N) is 4. The Morgan fingerprint density at radius 1 is 0.844 bits per heavy atom. The number of imidazole rings is 2. The number of fused-ring (bicyclic) bond motifs is 1. The molecule has 2 saturated heterocycles. The molecule has 4 aliphatic rings. The summed E-state index contributed by atoms with van der Waals surface area (Å²) in [4.78, 5) is 15.6. The fourth-order valence-electron chi connectivity index (χ4n) is 7.67. The smallest absolute Gasteiger partial charge is 0.262 e. The number of allylic oxidation sites excluding steroid dienone is 4. The zero-order chi connectivity index (χ0) is 30.9. The molecule has 4 unspecified atom stereocenters. The van der Waals surface area contributed by atoms with Crippen LogP contribution < -0.4 is 10.6 Å². The van der Waals surface area contributed by atoms with Gasteiger partial charge in [0.25, 0.3) is 11.8 Å². The number of aromatic amines is 2. The number of nitrogens with zero attached hydrogens (tertiary/aromatic N) is 2. The Morgan fingerprint density at radius 3 is 2.27 bits per heavy atom. The lowest BCUT2D eigenvalue weighted by Crippen LogP contribution is -2.19. The molecule has 0 saturated carbocycles. The Morgan fingerprint density at radius 2 is 1.56 bits per heavy atom. The molecule has 8 rings (SSSR count). The summed E-state index contributed by atoms with van der Waals surface area (Å²) >= 11 is 0. The van der Waals surface area contributed by atoms with Gasteiger partial charge in [0.05, 0.1) is 48.1 Å². The minimum Gasteiger partial charge on any atom is -0.341 e. The molecule has 2 aromatic carbocycles. The van der Waals surface area contributed by atoms with Crippen LogP contribution in [0.1, 0.15) is 86.2 Å². The van der Waals surface area contributed by atoms with Crippen molar-refractivity contribution in [3.05, 3.63) is 88.7 Å². The molecule has 2 aliphatic carbocycles. The third-order valence-corrected chi connectivity index (χ3v) is 10.1. The van der Waals surface area contributed by atoms with Crippen LogP contribution in [-0.2, 0) is 0 Å². The summed E-state index contributed by atoms with van der Waals surface area (Å²) in [5.74, 6) is -3.42. The van der Waals surface area contributed by atoms with E-state index in [1.807, 2.05) is 6.07 Å². The summed E-state index contributed by atoms with van der Waals surface area (Å²) in [6, 6.07) is 13.8. The zero-order valence-electron chi connectivity index (χ0n) is 25.1. The largest absolute Gasteiger partial charge is 0.341 e. The van der Waals surface area contributed by atoms with Crippen molar-refractivity contribution in [2.75, 3.05) is 13.1 Å². The van der Waals surface area contributed by atoms with E-state index in [4.69, 9.17) is 0 Å². The van der Waals surface area contributed by atoms with Gasteiger partial charge < -0.3 is 20.6 Å². The maximum absolute atomic E-state index is 13.8. The lowest BCUT2D eigenvalue weighted by molar-refractivity contribution is 0.0201. The van der Waals surface area contributed by atoms with E-state index in [1.54, 1.807) is 6.20 Å². The van der Waals surface area contributed by atoms with Crippen LogP contribution in [0.4, 0.5) is 17.6 Å². The predicted molar refractivity (Wildman–Crippen MR) is 166 cm³/mol. The normalized spacial score (nSPS) is 27.6. The third-order valence-electron chi connectivity index (χ3n) is 10.1. The van der Waals surface area contributed by atoms with Gasteiger partial charge in [0, 0.05) is 18.8 Å². The number of halogens is 4. The first-order valence-corrected chi connectivity index (χ1v) is 15.9. The molecule has 6 nitrogen and oxygen atoms in total. The molecule has 0 amide bonds. The van der Waals surface area contributed by atoms with Crippen molar-refractivity contribution in [1.29, 1.82) is 0 Å². The zero-order valence-corrected chi connectivity index (χ0v) is 25.1. The van der Waals surface area contributed by atoms with Crippen molar-refractivity contribution in [2.45, 2.75) is 75.3 Å². The first kappa shape index (κ1) is 28.7. The van der Waals surface area contributed by atoms with Crippen LogP contribution in [0.5, 0.6) is 0 Å². The molecule has 4 N–H and O–H groups in total. The van der Waals surface area contributed by atoms with Crippen molar-refractivity contribution < 1.29 is 17.6 Å².